The SMILES string of the molecule is CCOC(=O)c1ccc(COC(=O)C2CCCC(NC(=O)NC34CC5CC(CC(C5)C3)C4)C2)cc1. The summed E-state index contributed by atoms with van der Waals surface area (Å²) in [5, 5.41) is 6.56. The van der Waals surface area contributed by atoms with Crippen LogP contribution in [0, 0.1) is 23.7 Å². The first-order valence-corrected chi connectivity index (χ1v) is 13.4. The highest BCUT2D eigenvalue weighted by Gasteiger charge is 2.51. The van der Waals surface area contributed by atoms with E-state index in [1.165, 1.54) is 19.3 Å². The summed E-state index contributed by atoms with van der Waals surface area (Å²) >= 11 is 0. The van der Waals surface area contributed by atoms with Crippen LogP contribution in [0.3, 0.4) is 0 Å². The summed E-state index contributed by atoms with van der Waals surface area (Å²) in [7, 11) is 0. The molecule has 5 fully saturated rings. The van der Waals surface area contributed by atoms with Crippen LogP contribution in [0.15, 0.2) is 24.3 Å². The fourth-order valence-corrected chi connectivity index (χ4v) is 7.48. The molecule has 190 valence electrons. The van der Waals surface area contributed by atoms with Crippen molar-refractivity contribution in [1.82, 2.24) is 10.6 Å². The molecule has 2 N–H and O–H groups in total. The van der Waals surface area contributed by atoms with E-state index in [1.54, 1.807) is 31.2 Å². The van der Waals surface area contributed by atoms with Crippen molar-refractivity contribution >= 4 is 18.0 Å². The first-order valence-electron chi connectivity index (χ1n) is 13.4. The van der Waals surface area contributed by atoms with Gasteiger partial charge >= 0.3 is 18.0 Å². The molecule has 6 rings (SSSR count). The number of amides is 2. The lowest BCUT2D eigenvalue weighted by Gasteiger charge is -2.56. The minimum Gasteiger partial charge on any atom is -0.462 e. The first-order chi connectivity index (χ1) is 16.9. The molecule has 4 bridgehead atoms. The second-order valence-corrected chi connectivity index (χ2v) is 11.4. The summed E-state index contributed by atoms with van der Waals surface area (Å²) < 4.78 is 10.6. The number of urea groups is 1. The maximum atomic E-state index is 12.9. The van der Waals surface area contributed by atoms with Gasteiger partial charge in [-0.1, -0.05) is 18.6 Å². The van der Waals surface area contributed by atoms with Gasteiger partial charge in [0.25, 0.3) is 0 Å². The molecule has 2 atom stereocenters. The van der Waals surface area contributed by atoms with Gasteiger partial charge in [-0.25, -0.2) is 9.59 Å². The van der Waals surface area contributed by atoms with Crippen LogP contribution in [-0.4, -0.2) is 36.2 Å². The van der Waals surface area contributed by atoms with Crippen LogP contribution < -0.4 is 10.6 Å². The summed E-state index contributed by atoms with van der Waals surface area (Å²) in [5.74, 6) is 1.59. The molecule has 0 radical (unpaired) electrons. The number of hydrogen-bond donors (Lipinski definition) is 2. The zero-order valence-electron chi connectivity index (χ0n) is 20.7. The number of rotatable bonds is 7. The van der Waals surface area contributed by atoms with E-state index < -0.39 is 0 Å². The van der Waals surface area contributed by atoms with E-state index in [1.807, 2.05) is 0 Å². The second-order valence-electron chi connectivity index (χ2n) is 11.4. The molecule has 1 aromatic carbocycles. The minimum atomic E-state index is -0.357. The van der Waals surface area contributed by atoms with E-state index in [9.17, 15) is 14.4 Å². The summed E-state index contributed by atoms with van der Waals surface area (Å²) in [6, 6.07) is 6.86. The quantitative estimate of drug-likeness (QED) is 0.548. The molecule has 7 nitrogen and oxygen atoms in total. The molecule has 0 heterocycles. The molecule has 2 amide bonds. The standard InChI is InChI=1S/C28H38N2O5/c1-2-34-25(31)22-8-6-18(7-9-22)17-35-26(32)23-4-3-5-24(13-23)29-27(33)30-28-14-19-10-20(15-28)12-21(11-19)16-28/h6-9,19-21,23-24H,2-5,10-17H2,1H3,(H2,29,30,33). The third-order valence-electron chi connectivity index (χ3n) is 8.61. The van der Waals surface area contributed by atoms with Crippen molar-refractivity contribution in [2.45, 2.75) is 89.3 Å². The van der Waals surface area contributed by atoms with Crippen LogP contribution >= 0.6 is 0 Å². The van der Waals surface area contributed by atoms with Gasteiger partial charge in [0.15, 0.2) is 0 Å². The molecule has 35 heavy (non-hydrogen) atoms. The summed E-state index contributed by atoms with van der Waals surface area (Å²) in [6.07, 6.45) is 10.7. The van der Waals surface area contributed by atoms with E-state index in [2.05, 4.69) is 10.6 Å². The van der Waals surface area contributed by atoms with Gasteiger partial charge in [0.1, 0.15) is 6.61 Å². The summed E-state index contributed by atoms with van der Waals surface area (Å²) in [4.78, 5) is 37.4. The normalized spacial score (nSPS) is 33.1. The van der Waals surface area contributed by atoms with Crippen molar-refractivity contribution < 1.29 is 23.9 Å². The van der Waals surface area contributed by atoms with Crippen molar-refractivity contribution in [2.24, 2.45) is 23.7 Å². The Balaban J connectivity index is 1.08. The Kier molecular flexibility index (Phi) is 7.03. The van der Waals surface area contributed by atoms with Crippen LogP contribution in [0.5, 0.6) is 0 Å². The van der Waals surface area contributed by atoms with E-state index >= 15 is 0 Å². The Morgan fingerprint density at radius 2 is 1.57 bits per heavy atom. The van der Waals surface area contributed by atoms with Crippen molar-refractivity contribution in [3.05, 3.63) is 35.4 Å². The van der Waals surface area contributed by atoms with Gasteiger partial charge < -0.3 is 20.1 Å². The van der Waals surface area contributed by atoms with Gasteiger partial charge in [0.2, 0.25) is 0 Å². The van der Waals surface area contributed by atoms with Crippen molar-refractivity contribution in [3.8, 4) is 0 Å². The van der Waals surface area contributed by atoms with Crippen LogP contribution in [0.25, 0.3) is 0 Å². The van der Waals surface area contributed by atoms with E-state index in [0.29, 0.717) is 18.6 Å². The molecular formula is C28H38N2O5. The summed E-state index contributed by atoms with van der Waals surface area (Å²) in [5.41, 5.74) is 1.30. The fourth-order valence-electron chi connectivity index (χ4n) is 7.48. The Bertz CT molecular complexity index is 908. The Hall–Kier alpha value is -2.57. The van der Waals surface area contributed by atoms with Crippen LogP contribution in [0.1, 0.15) is 87.1 Å². The number of benzene rings is 1. The highest BCUT2D eigenvalue weighted by atomic mass is 16.5. The molecule has 5 saturated carbocycles. The lowest BCUT2D eigenvalue weighted by molar-refractivity contribution is -0.151. The lowest BCUT2D eigenvalue weighted by Crippen LogP contribution is -2.62. The molecule has 1 aromatic rings. The van der Waals surface area contributed by atoms with Gasteiger partial charge in [-0.2, -0.15) is 0 Å². The fraction of sp³-hybridized carbons (Fsp3) is 0.679. The third-order valence-corrected chi connectivity index (χ3v) is 8.61. The van der Waals surface area contributed by atoms with Crippen molar-refractivity contribution in [3.63, 3.8) is 0 Å². The predicted molar refractivity (Wildman–Crippen MR) is 131 cm³/mol. The molecular weight excluding hydrogens is 444 g/mol. The molecule has 5 aliphatic rings. The van der Waals surface area contributed by atoms with Gasteiger partial charge in [-0.05, 0) is 100 Å². The number of hydrogen-bond acceptors (Lipinski definition) is 5. The molecule has 0 saturated heterocycles. The molecule has 0 spiro atoms. The Morgan fingerprint density at radius 3 is 2.20 bits per heavy atom. The predicted octanol–water partition coefficient (Wildman–Crippen LogP) is 4.73. The minimum absolute atomic E-state index is 0.000857. The number of ether oxygens (including phenoxy) is 2. The number of carbonyl (C=O) groups is 3. The van der Waals surface area contributed by atoms with E-state index in [0.717, 1.165) is 61.8 Å². The van der Waals surface area contributed by atoms with Gasteiger partial charge in [0, 0.05) is 11.6 Å². The Labute approximate surface area is 207 Å². The zero-order valence-corrected chi connectivity index (χ0v) is 20.7. The van der Waals surface area contributed by atoms with Gasteiger partial charge in [0.05, 0.1) is 18.1 Å². The topological polar surface area (TPSA) is 93.7 Å². The molecule has 7 heteroatoms. The van der Waals surface area contributed by atoms with Gasteiger partial charge in [-0.15, -0.1) is 0 Å². The van der Waals surface area contributed by atoms with Gasteiger partial charge in [-0.3, -0.25) is 4.79 Å². The Morgan fingerprint density at radius 1 is 0.914 bits per heavy atom. The first kappa shape index (κ1) is 24.1. The van der Waals surface area contributed by atoms with E-state index in [-0.39, 0.29) is 42.1 Å². The second kappa shape index (κ2) is 10.2. The molecule has 5 aliphatic carbocycles. The van der Waals surface area contributed by atoms with Crippen molar-refractivity contribution in [1.29, 1.82) is 0 Å². The molecule has 0 aromatic heterocycles. The average molecular weight is 483 g/mol. The average Bonchev–Trinajstić information content (AvgIpc) is 2.82. The van der Waals surface area contributed by atoms with Crippen LogP contribution in [-0.2, 0) is 20.9 Å². The molecule has 0 aliphatic heterocycles. The van der Waals surface area contributed by atoms with Crippen LogP contribution in [0.4, 0.5) is 4.79 Å². The van der Waals surface area contributed by atoms with Crippen LogP contribution in [0.2, 0.25) is 0 Å². The zero-order chi connectivity index (χ0) is 24.4. The maximum Gasteiger partial charge on any atom is 0.338 e. The molecule has 2 unspecified atom stereocenters. The highest BCUT2D eigenvalue weighted by molar-refractivity contribution is 5.89. The number of esters is 2. The number of nitrogens with one attached hydrogen (secondary N) is 2. The summed E-state index contributed by atoms with van der Waals surface area (Å²) in [6.45, 7) is 2.27. The van der Waals surface area contributed by atoms with E-state index in [4.69, 9.17) is 9.47 Å². The maximum absolute atomic E-state index is 12.9. The lowest BCUT2D eigenvalue weighted by atomic mass is 9.53. The highest BCUT2D eigenvalue weighted by Crippen LogP contribution is 2.55. The smallest absolute Gasteiger partial charge is 0.338 e. The third kappa shape index (κ3) is 5.65. The van der Waals surface area contributed by atoms with Crippen molar-refractivity contribution in [2.75, 3.05) is 6.61 Å². The monoisotopic (exact) mass is 482 g/mol. The largest absolute Gasteiger partial charge is 0.462 e. The number of carbonyl (C=O) groups excluding carboxylic acids is 3.